The Bertz CT molecular complexity index is 1220. The molecule has 10 heteroatoms. The van der Waals surface area contributed by atoms with E-state index in [9.17, 15) is 19.2 Å². The zero-order chi connectivity index (χ0) is 24.3. The average Bonchev–Trinajstić information content (AvgIpc) is 3.23. The molecule has 1 aliphatic heterocycles. The second kappa shape index (κ2) is 9.48. The number of fused-ring (bicyclic) bond motifs is 1. The molecular formula is C23H29N5O5. The third-order valence-electron chi connectivity index (χ3n) is 5.53. The molecule has 3 rings (SSSR count). The van der Waals surface area contributed by atoms with Gasteiger partial charge in [-0.15, -0.1) is 0 Å². The fourth-order valence-corrected chi connectivity index (χ4v) is 3.95. The molecular weight excluding hydrogens is 426 g/mol. The highest BCUT2D eigenvalue weighted by Crippen LogP contribution is 2.22. The van der Waals surface area contributed by atoms with Crippen LogP contribution < -0.4 is 11.2 Å². The molecule has 1 aliphatic rings. The predicted molar refractivity (Wildman–Crippen MR) is 122 cm³/mol. The van der Waals surface area contributed by atoms with Gasteiger partial charge in [0.05, 0.1) is 29.4 Å². The molecule has 0 bridgehead atoms. The number of carbonyl (C=O) groups is 2. The number of hydrogen-bond donors (Lipinski definition) is 1. The van der Waals surface area contributed by atoms with Crippen molar-refractivity contribution in [2.75, 3.05) is 19.6 Å². The second-order valence-electron chi connectivity index (χ2n) is 9.02. The van der Waals surface area contributed by atoms with Gasteiger partial charge in [-0.05, 0) is 52.3 Å². The first kappa shape index (κ1) is 24.0. The molecule has 2 aromatic rings. The van der Waals surface area contributed by atoms with E-state index in [0.29, 0.717) is 30.5 Å². The third kappa shape index (κ3) is 5.25. The number of hydrogen-bond acceptors (Lipinski definition) is 6. The van der Waals surface area contributed by atoms with Gasteiger partial charge in [-0.25, -0.2) is 9.59 Å². The van der Waals surface area contributed by atoms with Gasteiger partial charge in [0.2, 0.25) is 0 Å². The standard InChI is InChI=1S/C23H29N5O5/c1-5-27-20(30)17-8-7-15(13-18(17)25-21(27)31)19(29)28(11-6-10-24)16-9-12-26(14-16)22(32)33-23(2,3)4/h7-8,13,16H,5-6,9,11-12,14H2,1-4H3,(H,25,31). The minimum Gasteiger partial charge on any atom is -0.444 e. The van der Waals surface area contributed by atoms with E-state index in [1.807, 2.05) is 0 Å². The highest BCUT2D eigenvalue weighted by Gasteiger charge is 2.35. The van der Waals surface area contributed by atoms with Gasteiger partial charge in [-0.2, -0.15) is 5.26 Å². The first-order valence-electron chi connectivity index (χ1n) is 11.0. The Kier molecular flexibility index (Phi) is 6.91. The maximum absolute atomic E-state index is 13.4. The monoisotopic (exact) mass is 455 g/mol. The van der Waals surface area contributed by atoms with Gasteiger partial charge in [-0.3, -0.25) is 14.2 Å². The second-order valence-corrected chi connectivity index (χ2v) is 9.02. The van der Waals surface area contributed by atoms with Gasteiger partial charge >= 0.3 is 11.8 Å². The highest BCUT2D eigenvalue weighted by molar-refractivity contribution is 5.98. The average molecular weight is 456 g/mol. The topological polar surface area (TPSA) is 128 Å². The zero-order valence-corrected chi connectivity index (χ0v) is 19.4. The number of ether oxygens (including phenoxy) is 1. The number of carbonyl (C=O) groups excluding carboxylic acids is 2. The number of nitriles is 1. The number of amides is 2. The summed E-state index contributed by atoms with van der Waals surface area (Å²) in [5.41, 5.74) is -1.00. The van der Waals surface area contributed by atoms with Gasteiger partial charge in [-0.1, -0.05) is 0 Å². The molecule has 2 amide bonds. The van der Waals surface area contributed by atoms with Crippen molar-refractivity contribution in [2.24, 2.45) is 0 Å². The maximum atomic E-state index is 13.4. The highest BCUT2D eigenvalue weighted by atomic mass is 16.6. The van der Waals surface area contributed by atoms with E-state index in [-0.39, 0.29) is 37.0 Å². The van der Waals surface area contributed by atoms with Gasteiger partial charge in [0, 0.05) is 31.7 Å². The lowest BCUT2D eigenvalue weighted by molar-refractivity contribution is 0.0275. The van der Waals surface area contributed by atoms with Crippen LogP contribution in [0.5, 0.6) is 0 Å². The molecule has 2 heterocycles. The SMILES string of the molecule is CCn1c(=O)[nH]c2cc(C(=O)N(CCC#N)C3CCN(C(=O)OC(C)(C)C)C3)ccc2c1=O. The van der Waals surface area contributed by atoms with E-state index in [1.165, 1.54) is 12.1 Å². The van der Waals surface area contributed by atoms with Crippen molar-refractivity contribution >= 4 is 22.9 Å². The van der Waals surface area contributed by atoms with Crippen LogP contribution in [-0.4, -0.2) is 62.6 Å². The van der Waals surface area contributed by atoms with Crippen LogP contribution in [0.15, 0.2) is 27.8 Å². The molecule has 0 radical (unpaired) electrons. The molecule has 1 unspecified atom stereocenters. The van der Waals surface area contributed by atoms with E-state index in [4.69, 9.17) is 10.00 Å². The van der Waals surface area contributed by atoms with Crippen LogP contribution >= 0.6 is 0 Å². The molecule has 176 valence electrons. The zero-order valence-electron chi connectivity index (χ0n) is 19.4. The van der Waals surface area contributed by atoms with Gasteiger partial charge < -0.3 is 19.5 Å². The number of H-pyrrole nitrogens is 1. The van der Waals surface area contributed by atoms with Crippen LogP contribution in [0.3, 0.4) is 0 Å². The summed E-state index contributed by atoms with van der Waals surface area (Å²) in [6, 6.07) is 6.34. The van der Waals surface area contributed by atoms with Gasteiger partial charge in [0.15, 0.2) is 0 Å². The smallest absolute Gasteiger partial charge is 0.410 e. The Hall–Kier alpha value is -3.61. The van der Waals surface area contributed by atoms with Crippen molar-refractivity contribution < 1.29 is 14.3 Å². The number of nitrogens with zero attached hydrogens (tertiary/aromatic N) is 4. The predicted octanol–water partition coefficient (Wildman–Crippen LogP) is 2.07. The molecule has 1 saturated heterocycles. The number of likely N-dealkylation sites (tertiary alicyclic amines) is 1. The Labute approximate surface area is 191 Å². The van der Waals surface area contributed by atoms with Crippen LogP contribution in [-0.2, 0) is 11.3 Å². The van der Waals surface area contributed by atoms with Crippen molar-refractivity contribution in [3.8, 4) is 6.07 Å². The lowest BCUT2D eigenvalue weighted by Crippen LogP contribution is -2.44. The third-order valence-corrected chi connectivity index (χ3v) is 5.53. The first-order chi connectivity index (χ1) is 15.6. The number of benzene rings is 1. The molecule has 1 aromatic heterocycles. The number of nitrogens with one attached hydrogen (secondary N) is 1. The van der Waals surface area contributed by atoms with E-state index >= 15 is 0 Å². The Morgan fingerprint density at radius 2 is 2.03 bits per heavy atom. The summed E-state index contributed by atoms with van der Waals surface area (Å²) >= 11 is 0. The summed E-state index contributed by atoms with van der Waals surface area (Å²) in [6.07, 6.45) is 0.260. The number of aromatic nitrogens is 2. The van der Waals surface area contributed by atoms with Crippen molar-refractivity contribution in [3.63, 3.8) is 0 Å². The van der Waals surface area contributed by atoms with E-state index in [0.717, 1.165) is 4.57 Å². The molecule has 0 saturated carbocycles. The summed E-state index contributed by atoms with van der Waals surface area (Å²) in [4.78, 5) is 56.3. The molecule has 0 aliphatic carbocycles. The molecule has 0 spiro atoms. The van der Waals surface area contributed by atoms with Crippen molar-refractivity contribution in [2.45, 2.75) is 58.7 Å². The first-order valence-corrected chi connectivity index (χ1v) is 11.0. The minimum atomic E-state index is -0.621. The number of rotatable bonds is 5. The van der Waals surface area contributed by atoms with Crippen LogP contribution in [0, 0.1) is 11.3 Å². The Balaban J connectivity index is 1.87. The largest absolute Gasteiger partial charge is 0.444 e. The summed E-state index contributed by atoms with van der Waals surface area (Å²) in [7, 11) is 0. The fourth-order valence-electron chi connectivity index (χ4n) is 3.95. The van der Waals surface area contributed by atoms with Crippen LogP contribution in [0.4, 0.5) is 4.79 Å². The molecule has 1 fully saturated rings. The summed E-state index contributed by atoms with van der Waals surface area (Å²) in [6.45, 7) is 8.27. The Morgan fingerprint density at radius 1 is 1.30 bits per heavy atom. The van der Waals surface area contributed by atoms with Crippen LogP contribution in [0.25, 0.3) is 10.9 Å². The van der Waals surface area contributed by atoms with Crippen molar-refractivity contribution in [3.05, 3.63) is 44.6 Å². The molecule has 1 atom stereocenters. The molecule has 33 heavy (non-hydrogen) atoms. The summed E-state index contributed by atoms with van der Waals surface area (Å²) in [5.74, 6) is -0.330. The van der Waals surface area contributed by atoms with Crippen LogP contribution in [0.1, 0.15) is 50.9 Å². The molecule has 10 nitrogen and oxygen atoms in total. The lowest BCUT2D eigenvalue weighted by Gasteiger charge is -2.29. The normalized spacial score (nSPS) is 16.0. The lowest BCUT2D eigenvalue weighted by atomic mass is 10.1. The van der Waals surface area contributed by atoms with Gasteiger partial charge in [0.1, 0.15) is 5.60 Å². The summed E-state index contributed by atoms with van der Waals surface area (Å²) in [5, 5.41) is 9.39. The van der Waals surface area contributed by atoms with E-state index < -0.39 is 22.9 Å². The number of aromatic amines is 1. The Morgan fingerprint density at radius 3 is 2.67 bits per heavy atom. The van der Waals surface area contributed by atoms with Crippen molar-refractivity contribution in [1.82, 2.24) is 19.4 Å². The van der Waals surface area contributed by atoms with Crippen LogP contribution in [0.2, 0.25) is 0 Å². The molecule has 1 N–H and O–H groups in total. The molecule has 1 aromatic carbocycles. The quantitative estimate of drug-likeness (QED) is 0.735. The summed E-state index contributed by atoms with van der Waals surface area (Å²) < 4.78 is 6.52. The maximum Gasteiger partial charge on any atom is 0.410 e. The minimum absolute atomic E-state index is 0.139. The van der Waals surface area contributed by atoms with Crippen molar-refractivity contribution in [1.29, 1.82) is 5.26 Å². The van der Waals surface area contributed by atoms with E-state index in [1.54, 1.807) is 43.6 Å². The fraction of sp³-hybridized carbons (Fsp3) is 0.522. The van der Waals surface area contributed by atoms with E-state index in [2.05, 4.69) is 11.1 Å². The van der Waals surface area contributed by atoms with Gasteiger partial charge in [0.25, 0.3) is 11.5 Å².